The Bertz CT molecular complexity index is 3980. The second-order valence-electron chi connectivity index (χ2n) is 18.1. The van der Waals surface area contributed by atoms with Crippen molar-refractivity contribution in [1.82, 2.24) is 9.13 Å². The van der Waals surface area contributed by atoms with E-state index in [0.29, 0.717) is 0 Å². The van der Waals surface area contributed by atoms with Crippen molar-refractivity contribution in [2.75, 3.05) is 4.90 Å². The van der Waals surface area contributed by atoms with Crippen LogP contribution < -0.4 is 4.90 Å². The Hall–Kier alpha value is -9.38. The van der Waals surface area contributed by atoms with E-state index in [0.717, 1.165) is 83.8 Å². The van der Waals surface area contributed by atoms with Gasteiger partial charge in [-0.15, -0.1) is 0 Å². The molecule has 0 aliphatic heterocycles. The van der Waals surface area contributed by atoms with Crippen molar-refractivity contribution >= 4 is 82.6 Å². The molecule has 0 unspecified atom stereocenters. The van der Waals surface area contributed by atoms with Gasteiger partial charge in [0.15, 0.2) is 0 Å². The number of rotatable bonds is 8. The molecule has 0 N–H and O–H groups in total. The maximum Gasteiger partial charge on any atom is 0.135 e. The SMILES string of the molecule is CC.c1cc(-c2ccc(N(c3ccc(-c4cccc(-n5c6ccccc6c6ccccc65)c4)cc3)c3ccc(-c4ccc5oc6ccccc6c5c4)cc3)cc2)cc(-n2c3ccccc3c3ccccc32)c1. The highest BCUT2D eigenvalue weighted by Crippen LogP contribution is 2.41. The smallest absolute Gasteiger partial charge is 0.135 e. The average molecular weight is 924 g/mol. The van der Waals surface area contributed by atoms with Crippen LogP contribution in [-0.4, -0.2) is 9.13 Å². The Labute approximate surface area is 418 Å². The molecule has 4 nitrogen and oxygen atoms in total. The lowest BCUT2D eigenvalue weighted by Crippen LogP contribution is -2.09. The fraction of sp³-hybridized carbons (Fsp3) is 0.0294. The number of para-hydroxylation sites is 5. The Morgan fingerprint density at radius 3 is 1.01 bits per heavy atom. The first kappa shape index (κ1) is 42.7. The zero-order valence-corrected chi connectivity index (χ0v) is 40.1. The zero-order valence-electron chi connectivity index (χ0n) is 40.1. The number of benzene rings is 11. The van der Waals surface area contributed by atoms with Crippen molar-refractivity contribution in [3.05, 3.63) is 261 Å². The number of anilines is 3. The van der Waals surface area contributed by atoms with Gasteiger partial charge in [-0.05, 0) is 137 Å². The number of nitrogens with zero attached hydrogens (tertiary/aromatic N) is 3. The van der Waals surface area contributed by atoms with Crippen molar-refractivity contribution in [1.29, 1.82) is 0 Å². The quantitative estimate of drug-likeness (QED) is 0.152. The molecule has 0 saturated heterocycles. The van der Waals surface area contributed by atoms with Crippen LogP contribution in [0.1, 0.15) is 13.8 Å². The Morgan fingerprint density at radius 1 is 0.264 bits per heavy atom. The molecule has 0 atom stereocenters. The lowest BCUT2D eigenvalue weighted by atomic mass is 10.0. The second-order valence-corrected chi connectivity index (χ2v) is 18.1. The van der Waals surface area contributed by atoms with Gasteiger partial charge in [-0.1, -0.05) is 172 Å². The second kappa shape index (κ2) is 17.9. The van der Waals surface area contributed by atoms with E-state index in [1.807, 2.05) is 26.0 Å². The molecule has 11 aromatic carbocycles. The molecule has 0 bridgehead atoms. The molecule has 342 valence electrons. The summed E-state index contributed by atoms with van der Waals surface area (Å²) in [5.41, 5.74) is 19.0. The highest BCUT2D eigenvalue weighted by Gasteiger charge is 2.17. The van der Waals surface area contributed by atoms with Gasteiger partial charge in [0.1, 0.15) is 11.2 Å². The number of fused-ring (bicyclic) bond motifs is 9. The summed E-state index contributed by atoms with van der Waals surface area (Å²) in [6.45, 7) is 4.00. The van der Waals surface area contributed by atoms with E-state index < -0.39 is 0 Å². The number of furan rings is 1. The van der Waals surface area contributed by atoms with Gasteiger partial charge >= 0.3 is 0 Å². The molecule has 0 aliphatic carbocycles. The van der Waals surface area contributed by atoms with Crippen molar-refractivity contribution < 1.29 is 4.42 Å². The summed E-state index contributed by atoms with van der Waals surface area (Å²) in [5.74, 6) is 0. The van der Waals surface area contributed by atoms with E-state index in [1.165, 1.54) is 43.6 Å². The minimum absolute atomic E-state index is 0.900. The van der Waals surface area contributed by atoms with Crippen molar-refractivity contribution in [2.24, 2.45) is 0 Å². The highest BCUT2D eigenvalue weighted by molar-refractivity contribution is 6.10. The lowest BCUT2D eigenvalue weighted by Gasteiger charge is -2.26. The van der Waals surface area contributed by atoms with Crippen LogP contribution in [0.3, 0.4) is 0 Å². The fourth-order valence-corrected chi connectivity index (χ4v) is 10.8. The maximum absolute atomic E-state index is 6.16. The van der Waals surface area contributed by atoms with Gasteiger partial charge < -0.3 is 18.5 Å². The van der Waals surface area contributed by atoms with Gasteiger partial charge in [-0.25, -0.2) is 0 Å². The Morgan fingerprint density at radius 2 is 0.597 bits per heavy atom. The van der Waals surface area contributed by atoms with Crippen molar-refractivity contribution in [3.8, 4) is 44.8 Å². The lowest BCUT2D eigenvalue weighted by molar-refractivity contribution is 0.669. The standard InChI is InChI=1S/C66H43N3O.C2H6/c1-6-22-61-55(17-1)56-18-2-7-23-62(56)68(61)53-15-11-13-47(41-53)44-27-34-50(35-28-44)67(52-38-31-46(32-39-52)49-33-40-66-60(43-49)59-21-5-10-26-65(59)70-66)51-36-29-45(30-37-51)48-14-12-16-54(42-48)69-63-24-8-3-19-57(63)58-20-4-9-25-64(58)69;1-2/h1-43H;1-2H3. The van der Waals surface area contributed by atoms with E-state index in [-0.39, 0.29) is 0 Å². The molecule has 0 radical (unpaired) electrons. The molecule has 0 spiro atoms. The summed E-state index contributed by atoms with van der Waals surface area (Å²) in [4.78, 5) is 2.35. The van der Waals surface area contributed by atoms with E-state index in [9.17, 15) is 0 Å². The van der Waals surface area contributed by atoms with Crippen LogP contribution in [-0.2, 0) is 0 Å². The molecular weight excluding hydrogens is 875 g/mol. The molecule has 3 heterocycles. The monoisotopic (exact) mass is 923 g/mol. The third-order valence-corrected chi connectivity index (χ3v) is 14.1. The number of aromatic nitrogens is 2. The molecular formula is C68H49N3O. The van der Waals surface area contributed by atoms with Crippen molar-refractivity contribution in [2.45, 2.75) is 13.8 Å². The van der Waals surface area contributed by atoms with Gasteiger partial charge in [0, 0.05) is 60.8 Å². The molecule has 0 saturated carbocycles. The molecule has 3 aromatic heterocycles. The first-order valence-electron chi connectivity index (χ1n) is 24.9. The highest BCUT2D eigenvalue weighted by atomic mass is 16.3. The van der Waals surface area contributed by atoms with Crippen LogP contribution in [0.2, 0.25) is 0 Å². The third-order valence-electron chi connectivity index (χ3n) is 14.1. The fourth-order valence-electron chi connectivity index (χ4n) is 10.8. The van der Waals surface area contributed by atoms with Crippen LogP contribution in [0.25, 0.3) is 110 Å². The summed E-state index contributed by atoms with van der Waals surface area (Å²) >= 11 is 0. The molecule has 0 amide bonds. The van der Waals surface area contributed by atoms with Crippen LogP contribution in [0.4, 0.5) is 17.1 Å². The van der Waals surface area contributed by atoms with E-state index in [4.69, 9.17) is 4.42 Å². The normalized spacial score (nSPS) is 11.5. The molecule has 4 heteroatoms. The van der Waals surface area contributed by atoms with Crippen LogP contribution >= 0.6 is 0 Å². The Kier molecular flexibility index (Phi) is 10.6. The average Bonchev–Trinajstić information content (AvgIpc) is 4.12. The Balaban J connectivity index is 0.00000249. The van der Waals surface area contributed by atoms with Gasteiger partial charge in [-0.3, -0.25) is 0 Å². The molecule has 0 aliphatic rings. The van der Waals surface area contributed by atoms with E-state index in [2.05, 4.69) is 263 Å². The summed E-state index contributed by atoms with van der Waals surface area (Å²) in [5, 5.41) is 7.29. The van der Waals surface area contributed by atoms with Gasteiger partial charge in [-0.2, -0.15) is 0 Å². The van der Waals surface area contributed by atoms with Gasteiger partial charge in [0.2, 0.25) is 0 Å². The molecule has 0 fully saturated rings. The summed E-state index contributed by atoms with van der Waals surface area (Å²) in [6, 6.07) is 94.2. The summed E-state index contributed by atoms with van der Waals surface area (Å²) in [6.07, 6.45) is 0. The predicted molar refractivity (Wildman–Crippen MR) is 305 cm³/mol. The van der Waals surface area contributed by atoms with Crippen molar-refractivity contribution in [3.63, 3.8) is 0 Å². The first-order valence-corrected chi connectivity index (χ1v) is 24.9. The topological polar surface area (TPSA) is 26.2 Å². The van der Waals surface area contributed by atoms with E-state index >= 15 is 0 Å². The molecule has 14 aromatic rings. The predicted octanol–water partition coefficient (Wildman–Crippen LogP) is 19.3. The minimum atomic E-state index is 0.900. The summed E-state index contributed by atoms with van der Waals surface area (Å²) < 4.78 is 10.9. The first-order chi connectivity index (χ1) is 35.7. The molecule has 72 heavy (non-hydrogen) atoms. The minimum Gasteiger partial charge on any atom is -0.456 e. The van der Waals surface area contributed by atoms with Gasteiger partial charge in [0.05, 0.1) is 22.1 Å². The number of hydrogen-bond donors (Lipinski definition) is 0. The summed E-state index contributed by atoms with van der Waals surface area (Å²) in [7, 11) is 0. The largest absolute Gasteiger partial charge is 0.456 e. The number of hydrogen-bond acceptors (Lipinski definition) is 2. The third kappa shape index (κ3) is 7.23. The maximum atomic E-state index is 6.16. The zero-order chi connectivity index (χ0) is 48.1. The van der Waals surface area contributed by atoms with Crippen LogP contribution in [0.15, 0.2) is 265 Å². The van der Waals surface area contributed by atoms with Crippen LogP contribution in [0.5, 0.6) is 0 Å². The molecule has 14 rings (SSSR count). The van der Waals surface area contributed by atoms with Crippen LogP contribution in [0, 0.1) is 0 Å². The van der Waals surface area contributed by atoms with E-state index in [1.54, 1.807) is 0 Å². The van der Waals surface area contributed by atoms with Gasteiger partial charge in [0.25, 0.3) is 0 Å².